The first-order valence-electron chi connectivity index (χ1n) is 8.51. The summed E-state index contributed by atoms with van der Waals surface area (Å²) in [6, 6.07) is 3.53. The van der Waals surface area contributed by atoms with Gasteiger partial charge in [0.2, 0.25) is 0 Å². The van der Waals surface area contributed by atoms with Gasteiger partial charge in [-0.1, -0.05) is 43.6 Å². The van der Waals surface area contributed by atoms with Gasteiger partial charge in [0.25, 0.3) is 0 Å². The predicted octanol–water partition coefficient (Wildman–Crippen LogP) is 5.91. The van der Waals surface area contributed by atoms with Gasteiger partial charge in [0, 0.05) is 11.5 Å². The van der Waals surface area contributed by atoms with Gasteiger partial charge in [-0.05, 0) is 56.7 Å². The van der Waals surface area contributed by atoms with Crippen LogP contribution < -0.4 is 0 Å². The third-order valence-corrected chi connectivity index (χ3v) is 4.39. The standard InChI is InChI=1S/C20H28O2/c1-3-4-5-6-7-10-16-13-18(21)20(19(22)14-16)17-11-8-9-15(2)12-17/h7,10,12-14,17,21-22H,3-6,8-9,11H2,1-2H3. The van der Waals surface area contributed by atoms with Gasteiger partial charge >= 0.3 is 0 Å². The van der Waals surface area contributed by atoms with Crippen molar-refractivity contribution in [1.29, 1.82) is 0 Å². The van der Waals surface area contributed by atoms with E-state index in [1.807, 2.05) is 6.08 Å². The summed E-state index contributed by atoms with van der Waals surface area (Å²) in [5, 5.41) is 20.7. The van der Waals surface area contributed by atoms with Crippen LogP contribution in [0.5, 0.6) is 11.5 Å². The minimum absolute atomic E-state index is 0.135. The first kappa shape index (κ1) is 16.7. The molecule has 0 saturated carbocycles. The molecule has 1 aromatic carbocycles. The van der Waals surface area contributed by atoms with Crippen molar-refractivity contribution in [1.82, 2.24) is 0 Å². The van der Waals surface area contributed by atoms with Gasteiger partial charge in [0.1, 0.15) is 11.5 Å². The molecule has 22 heavy (non-hydrogen) atoms. The van der Waals surface area contributed by atoms with Crippen molar-refractivity contribution >= 4 is 6.08 Å². The largest absolute Gasteiger partial charge is 0.507 e. The Morgan fingerprint density at radius 1 is 1.18 bits per heavy atom. The quantitative estimate of drug-likeness (QED) is 0.507. The maximum Gasteiger partial charge on any atom is 0.123 e. The van der Waals surface area contributed by atoms with E-state index in [0.717, 1.165) is 31.2 Å². The molecule has 0 fully saturated rings. The van der Waals surface area contributed by atoms with Crippen molar-refractivity contribution in [2.45, 2.75) is 64.7 Å². The monoisotopic (exact) mass is 300 g/mol. The third-order valence-electron chi connectivity index (χ3n) is 4.39. The van der Waals surface area contributed by atoms with Crippen molar-refractivity contribution in [2.24, 2.45) is 0 Å². The lowest BCUT2D eigenvalue weighted by Crippen LogP contribution is -2.03. The Hall–Kier alpha value is -1.70. The molecule has 120 valence electrons. The van der Waals surface area contributed by atoms with Crippen molar-refractivity contribution in [3.8, 4) is 11.5 Å². The van der Waals surface area contributed by atoms with Gasteiger partial charge in [0.15, 0.2) is 0 Å². The Morgan fingerprint density at radius 2 is 1.91 bits per heavy atom. The van der Waals surface area contributed by atoms with Gasteiger partial charge in [-0.2, -0.15) is 0 Å². The molecule has 2 heteroatoms. The van der Waals surface area contributed by atoms with Crippen LogP contribution >= 0.6 is 0 Å². The number of phenolic OH excluding ortho intramolecular Hbond substituents is 2. The van der Waals surface area contributed by atoms with Gasteiger partial charge in [0.05, 0.1) is 0 Å². The lowest BCUT2D eigenvalue weighted by Gasteiger charge is -2.21. The fourth-order valence-corrected chi connectivity index (χ4v) is 3.19. The van der Waals surface area contributed by atoms with Crippen LogP contribution in [0.2, 0.25) is 0 Å². The summed E-state index contributed by atoms with van der Waals surface area (Å²) in [6.45, 7) is 4.31. The fourth-order valence-electron chi connectivity index (χ4n) is 3.19. The van der Waals surface area contributed by atoms with Crippen molar-refractivity contribution in [2.75, 3.05) is 0 Å². The van der Waals surface area contributed by atoms with E-state index in [9.17, 15) is 10.2 Å². The van der Waals surface area contributed by atoms with Crippen LogP contribution in [0.1, 0.15) is 75.8 Å². The Bertz CT molecular complexity index is 532. The molecule has 0 amide bonds. The number of benzene rings is 1. The second kappa shape index (κ2) is 8.07. The molecule has 1 aromatic rings. The topological polar surface area (TPSA) is 40.5 Å². The molecule has 0 heterocycles. The van der Waals surface area contributed by atoms with Crippen molar-refractivity contribution in [3.05, 3.63) is 41.0 Å². The molecular weight excluding hydrogens is 272 g/mol. The molecule has 1 atom stereocenters. The predicted molar refractivity (Wildman–Crippen MR) is 93.3 cm³/mol. The molecule has 0 bridgehead atoms. The number of aromatic hydroxyl groups is 2. The molecule has 1 aliphatic carbocycles. The number of unbranched alkanes of at least 4 members (excludes halogenated alkanes) is 3. The molecule has 0 saturated heterocycles. The fraction of sp³-hybridized carbons (Fsp3) is 0.500. The van der Waals surface area contributed by atoms with E-state index in [1.165, 1.54) is 24.8 Å². The van der Waals surface area contributed by atoms with Crippen LogP contribution in [-0.2, 0) is 0 Å². The highest BCUT2D eigenvalue weighted by Gasteiger charge is 2.20. The van der Waals surface area contributed by atoms with Gasteiger partial charge < -0.3 is 10.2 Å². The second-order valence-corrected chi connectivity index (χ2v) is 6.38. The Balaban J connectivity index is 2.13. The van der Waals surface area contributed by atoms with Gasteiger partial charge in [-0.25, -0.2) is 0 Å². The summed E-state index contributed by atoms with van der Waals surface area (Å²) in [5.74, 6) is 0.560. The molecule has 0 spiro atoms. The molecule has 2 nitrogen and oxygen atoms in total. The molecule has 1 aliphatic rings. The first-order chi connectivity index (χ1) is 10.6. The molecule has 1 unspecified atom stereocenters. The normalized spacial score (nSPS) is 18.6. The van der Waals surface area contributed by atoms with Crippen molar-refractivity contribution in [3.63, 3.8) is 0 Å². The number of phenols is 2. The number of hydrogen-bond acceptors (Lipinski definition) is 2. The molecule has 0 aliphatic heterocycles. The van der Waals surface area contributed by atoms with E-state index >= 15 is 0 Å². The zero-order valence-electron chi connectivity index (χ0n) is 13.8. The average Bonchev–Trinajstić information content (AvgIpc) is 2.46. The second-order valence-electron chi connectivity index (χ2n) is 6.38. The smallest absolute Gasteiger partial charge is 0.123 e. The van der Waals surface area contributed by atoms with Gasteiger partial charge in [-0.15, -0.1) is 0 Å². The Morgan fingerprint density at radius 3 is 2.55 bits per heavy atom. The lowest BCUT2D eigenvalue weighted by molar-refractivity contribution is 0.428. The van der Waals surface area contributed by atoms with Crippen LogP contribution in [0.4, 0.5) is 0 Å². The van der Waals surface area contributed by atoms with Crippen LogP contribution in [0.15, 0.2) is 29.9 Å². The van der Waals surface area contributed by atoms with E-state index in [-0.39, 0.29) is 17.4 Å². The lowest BCUT2D eigenvalue weighted by atomic mass is 9.85. The number of allylic oxidation sites excluding steroid dienone is 3. The number of hydrogen-bond donors (Lipinski definition) is 2. The first-order valence-corrected chi connectivity index (χ1v) is 8.51. The maximum atomic E-state index is 10.3. The zero-order chi connectivity index (χ0) is 15.9. The minimum atomic E-state index is 0.135. The van der Waals surface area contributed by atoms with E-state index in [0.29, 0.717) is 5.56 Å². The molecule has 2 rings (SSSR count). The highest BCUT2D eigenvalue weighted by molar-refractivity contribution is 5.59. The molecule has 0 radical (unpaired) electrons. The number of rotatable bonds is 6. The van der Waals surface area contributed by atoms with Crippen LogP contribution in [0, 0.1) is 0 Å². The summed E-state index contributed by atoms with van der Waals surface area (Å²) in [6.07, 6.45) is 14.2. The van der Waals surface area contributed by atoms with Crippen LogP contribution in [0.25, 0.3) is 6.08 Å². The van der Waals surface area contributed by atoms with Crippen molar-refractivity contribution < 1.29 is 10.2 Å². The van der Waals surface area contributed by atoms with E-state index in [2.05, 4.69) is 26.0 Å². The van der Waals surface area contributed by atoms with Gasteiger partial charge in [-0.3, -0.25) is 0 Å². The highest BCUT2D eigenvalue weighted by Crippen LogP contribution is 2.41. The Kier molecular flexibility index (Phi) is 6.11. The Labute approximate surface area is 134 Å². The van der Waals surface area contributed by atoms with Crippen LogP contribution in [0.3, 0.4) is 0 Å². The molecular formula is C20H28O2. The van der Waals surface area contributed by atoms with Crippen LogP contribution in [-0.4, -0.2) is 10.2 Å². The minimum Gasteiger partial charge on any atom is -0.507 e. The SMILES string of the molecule is CCCCCC=Cc1cc(O)c(C2C=C(C)CCC2)c(O)c1. The van der Waals surface area contributed by atoms with E-state index < -0.39 is 0 Å². The summed E-state index contributed by atoms with van der Waals surface area (Å²) in [7, 11) is 0. The third kappa shape index (κ3) is 4.40. The summed E-state index contributed by atoms with van der Waals surface area (Å²) < 4.78 is 0. The maximum absolute atomic E-state index is 10.3. The average molecular weight is 300 g/mol. The zero-order valence-corrected chi connectivity index (χ0v) is 13.8. The molecule has 2 N–H and O–H groups in total. The van der Waals surface area contributed by atoms with E-state index in [1.54, 1.807) is 12.1 Å². The highest BCUT2D eigenvalue weighted by atomic mass is 16.3. The van der Waals surface area contributed by atoms with E-state index in [4.69, 9.17) is 0 Å². The summed E-state index contributed by atoms with van der Waals surface area (Å²) >= 11 is 0. The summed E-state index contributed by atoms with van der Waals surface area (Å²) in [4.78, 5) is 0. The molecule has 0 aromatic heterocycles. The summed E-state index contributed by atoms with van der Waals surface area (Å²) in [5.41, 5.74) is 2.89.